The maximum absolute atomic E-state index is 10.4. The van der Waals surface area contributed by atoms with Crippen molar-refractivity contribution in [1.82, 2.24) is 0 Å². The Morgan fingerprint density at radius 1 is 1.06 bits per heavy atom. The second-order valence-corrected chi connectivity index (χ2v) is 6.14. The molecule has 0 amide bonds. The first-order chi connectivity index (χ1) is 8.39. The van der Waals surface area contributed by atoms with Crippen molar-refractivity contribution in [3.63, 3.8) is 0 Å². The first-order valence-electron chi connectivity index (χ1n) is 6.82. The van der Waals surface area contributed by atoms with Gasteiger partial charge in [0.1, 0.15) is 0 Å². The molecule has 1 fully saturated rings. The van der Waals surface area contributed by atoms with Crippen LogP contribution in [0.5, 0.6) is 0 Å². The number of quaternary nitrogens is 1. The van der Waals surface area contributed by atoms with E-state index in [1.807, 2.05) is 0 Å². The minimum absolute atomic E-state index is 0.126. The first kappa shape index (κ1) is 18.1. The zero-order valence-corrected chi connectivity index (χ0v) is 13.1. The Bertz CT molecular complexity index is 244. The Morgan fingerprint density at radius 3 is 1.78 bits per heavy atom. The first-order valence-corrected chi connectivity index (χ1v) is 8.29. The molecule has 1 heterocycles. The average molecular weight is 281 g/mol. The molecule has 0 bridgehead atoms. The highest BCUT2D eigenvalue weighted by Crippen LogP contribution is 2.37. The Morgan fingerprint density at radius 2 is 1.50 bits per heavy atom. The summed E-state index contributed by atoms with van der Waals surface area (Å²) in [6, 6.07) is 0. The monoisotopic (exact) mass is 281 g/mol. The van der Waals surface area contributed by atoms with Crippen molar-refractivity contribution >= 4 is 7.82 Å². The molecule has 5 nitrogen and oxygen atoms in total. The lowest BCUT2D eigenvalue weighted by Gasteiger charge is -2.36. The molecule has 1 aliphatic rings. The van der Waals surface area contributed by atoms with Crippen LogP contribution in [-0.2, 0) is 13.6 Å². The highest BCUT2D eigenvalue weighted by atomic mass is 31.2. The van der Waals surface area contributed by atoms with E-state index in [0.29, 0.717) is 0 Å². The van der Waals surface area contributed by atoms with E-state index in [0.717, 1.165) is 0 Å². The molecule has 110 valence electrons. The van der Waals surface area contributed by atoms with Crippen molar-refractivity contribution in [2.75, 3.05) is 39.9 Å². The van der Waals surface area contributed by atoms with Crippen LogP contribution in [0.25, 0.3) is 0 Å². The molecule has 0 unspecified atom stereocenters. The zero-order chi connectivity index (χ0) is 14.1. The van der Waals surface area contributed by atoms with Gasteiger partial charge in [0.15, 0.2) is 0 Å². The van der Waals surface area contributed by atoms with Gasteiger partial charge in [0.2, 0.25) is 0 Å². The largest absolute Gasteiger partial charge is 0.756 e. The van der Waals surface area contributed by atoms with Gasteiger partial charge >= 0.3 is 0 Å². The molecule has 0 atom stereocenters. The van der Waals surface area contributed by atoms with Gasteiger partial charge < -0.3 is 18.4 Å². The molecule has 1 aliphatic heterocycles. The van der Waals surface area contributed by atoms with Gasteiger partial charge in [0.05, 0.1) is 39.9 Å². The van der Waals surface area contributed by atoms with Crippen LogP contribution in [0.15, 0.2) is 0 Å². The van der Waals surface area contributed by atoms with Crippen LogP contribution in [0, 0.1) is 0 Å². The van der Waals surface area contributed by atoms with Crippen molar-refractivity contribution in [3.05, 3.63) is 0 Å². The van der Waals surface area contributed by atoms with Crippen LogP contribution in [-0.4, -0.2) is 44.4 Å². The van der Waals surface area contributed by atoms with Crippen molar-refractivity contribution in [1.29, 1.82) is 0 Å². The van der Waals surface area contributed by atoms with E-state index in [2.05, 4.69) is 23.0 Å². The summed E-state index contributed by atoms with van der Waals surface area (Å²) in [4.78, 5) is 10.4. The third-order valence-electron chi connectivity index (χ3n) is 3.23. The fourth-order valence-electron chi connectivity index (χ4n) is 1.95. The molecule has 0 aromatic heterocycles. The van der Waals surface area contributed by atoms with Crippen LogP contribution >= 0.6 is 7.82 Å². The molecule has 0 aromatic carbocycles. The minimum atomic E-state index is -3.94. The van der Waals surface area contributed by atoms with Gasteiger partial charge in [-0.1, -0.05) is 0 Å². The summed E-state index contributed by atoms with van der Waals surface area (Å²) in [5, 5.41) is 0. The molecule has 18 heavy (non-hydrogen) atoms. The van der Waals surface area contributed by atoms with Crippen LogP contribution < -0.4 is 4.89 Å². The summed E-state index contributed by atoms with van der Waals surface area (Å²) in [6.07, 6.45) is 4.36. The van der Waals surface area contributed by atoms with E-state index in [-0.39, 0.29) is 13.2 Å². The van der Waals surface area contributed by atoms with Gasteiger partial charge in [-0.05, 0) is 40.0 Å². The summed E-state index contributed by atoms with van der Waals surface area (Å²) in [5.74, 6) is 0. The smallest absolute Gasteiger partial charge is 0.267 e. The van der Waals surface area contributed by atoms with E-state index in [4.69, 9.17) is 0 Å². The number of piperidine rings is 1. The molecule has 1 saturated heterocycles. The van der Waals surface area contributed by atoms with Gasteiger partial charge in [-0.15, -0.1) is 0 Å². The Balaban J connectivity index is 0.000000321. The summed E-state index contributed by atoms with van der Waals surface area (Å²) < 4.78 is 20.2. The third-order valence-corrected chi connectivity index (χ3v) is 4.38. The topological polar surface area (TPSA) is 58.6 Å². The fraction of sp³-hybridized carbons (Fsp3) is 1.00. The number of nitrogens with zero attached hydrogens (tertiary/aromatic N) is 1. The number of rotatable bonds is 5. The summed E-state index contributed by atoms with van der Waals surface area (Å²) in [7, 11) is -1.57. The fourth-order valence-corrected chi connectivity index (χ4v) is 2.65. The van der Waals surface area contributed by atoms with Crippen molar-refractivity contribution in [3.8, 4) is 0 Å². The van der Waals surface area contributed by atoms with E-state index in [9.17, 15) is 9.46 Å². The molecule has 0 aromatic rings. The minimum Gasteiger partial charge on any atom is -0.756 e. The van der Waals surface area contributed by atoms with Crippen LogP contribution in [0.3, 0.4) is 0 Å². The van der Waals surface area contributed by atoms with Gasteiger partial charge in [-0.2, -0.15) is 0 Å². The van der Waals surface area contributed by atoms with Crippen LogP contribution in [0.1, 0.15) is 40.0 Å². The maximum atomic E-state index is 10.4. The summed E-state index contributed by atoms with van der Waals surface area (Å²) in [5.41, 5.74) is 0. The van der Waals surface area contributed by atoms with Gasteiger partial charge in [0, 0.05) is 0 Å². The molecular weight excluding hydrogens is 253 g/mol. The van der Waals surface area contributed by atoms with Crippen molar-refractivity contribution in [2.24, 2.45) is 0 Å². The standard InChI is InChI=1S/C8H18N.C4H11O4P/c1-3-9(2)7-5-4-6-8-9;1-3-7-9(5,6)8-4-2/h3-8H2,1-2H3;3-4H2,1-2H3,(H,5,6)/q+1;/p-1. The Hall–Kier alpha value is 0.0700. The summed E-state index contributed by atoms with van der Waals surface area (Å²) >= 11 is 0. The molecule has 0 aliphatic carbocycles. The van der Waals surface area contributed by atoms with E-state index < -0.39 is 7.82 Å². The van der Waals surface area contributed by atoms with E-state index in [1.54, 1.807) is 13.8 Å². The third kappa shape index (κ3) is 8.22. The van der Waals surface area contributed by atoms with Crippen LogP contribution in [0.4, 0.5) is 0 Å². The molecular formula is C12H28NO4P. The number of hydrogen-bond acceptors (Lipinski definition) is 4. The SMILES string of the molecule is CCOP(=O)([O-])OCC.CC[N+]1(C)CCCCC1. The predicted octanol–water partition coefficient (Wildman–Crippen LogP) is 2.16. The highest BCUT2D eigenvalue weighted by Gasteiger charge is 2.21. The number of phosphoric ester groups is 1. The van der Waals surface area contributed by atoms with E-state index >= 15 is 0 Å². The molecule has 0 N–H and O–H groups in total. The lowest BCUT2D eigenvalue weighted by molar-refractivity contribution is -0.912. The van der Waals surface area contributed by atoms with Crippen LogP contribution in [0.2, 0.25) is 0 Å². The lowest BCUT2D eigenvalue weighted by Crippen LogP contribution is -2.47. The zero-order valence-electron chi connectivity index (χ0n) is 12.2. The lowest BCUT2D eigenvalue weighted by atomic mass is 10.1. The molecule has 1 rings (SSSR count). The molecule has 0 saturated carbocycles. The molecule has 0 spiro atoms. The average Bonchev–Trinajstić information content (AvgIpc) is 2.30. The maximum Gasteiger partial charge on any atom is 0.267 e. The van der Waals surface area contributed by atoms with Crippen molar-refractivity contribution < 1.29 is 23.0 Å². The summed E-state index contributed by atoms with van der Waals surface area (Å²) in [6.45, 7) is 9.87. The number of phosphoric acid groups is 1. The number of likely N-dealkylation sites (tertiary alicyclic amines) is 1. The van der Waals surface area contributed by atoms with Gasteiger partial charge in [-0.25, -0.2) is 0 Å². The Kier molecular flexibility index (Phi) is 9.09. The normalized spacial score (nSPS) is 18.9. The molecule has 6 heteroatoms. The highest BCUT2D eigenvalue weighted by molar-refractivity contribution is 7.45. The second kappa shape index (κ2) is 9.05. The second-order valence-electron chi connectivity index (χ2n) is 4.73. The molecule has 0 radical (unpaired) electrons. The quantitative estimate of drug-likeness (QED) is 0.572. The predicted molar refractivity (Wildman–Crippen MR) is 71.2 cm³/mol. The van der Waals surface area contributed by atoms with E-state index in [1.165, 1.54) is 43.4 Å². The van der Waals surface area contributed by atoms with Gasteiger partial charge in [-0.3, -0.25) is 4.57 Å². The number of hydrogen-bond donors (Lipinski definition) is 0. The van der Waals surface area contributed by atoms with Crippen molar-refractivity contribution in [2.45, 2.75) is 40.0 Å². The van der Waals surface area contributed by atoms with Gasteiger partial charge in [0.25, 0.3) is 7.82 Å². The Labute approximate surface area is 111 Å².